The average molecular weight is 325 g/mol. The van der Waals surface area contributed by atoms with Gasteiger partial charge in [0, 0.05) is 7.11 Å². The molecule has 0 saturated heterocycles. The highest BCUT2D eigenvalue weighted by Gasteiger charge is 2.27. The molecule has 0 amide bonds. The Balaban J connectivity index is 1.65. The smallest absolute Gasteiger partial charge is 0.0571 e. The number of rotatable bonds is 8. The Morgan fingerprint density at radius 3 is 2.09 bits per heavy atom. The second kappa shape index (κ2) is 10.0. The van der Waals surface area contributed by atoms with Gasteiger partial charge >= 0.3 is 0 Å². The van der Waals surface area contributed by atoms with Crippen LogP contribution >= 0.6 is 0 Å². The summed E-state index contributed by atoms with van der Waals surface area (Å²) in [5, 5.41) is 9.66. The summed E-state index contributed by atoms with van der Waals surface area (Å²) in [5.74, 6) is 3.61. The van der Waals surface area contributed by atoms with Gasteiger partial charge in [-0.2, -0.15) is 0 Å². The Kier molecular flexibility index (Phi) is 8.40. The van der Waals surface area contributed by atoms with Crippen molar-refractivity contribution < 1.29 is 9.84 Å². The lowest BCUT2D eigenvalue weighted by molar-refractivity contribution is 0.0442. The molecule has 2 aliphatic rings. The molecule has 2 atom stereocenters. The summed E-state index contributed by atoms with van der Waals surface area (Å²) in [6.45, 7) is 4.84. The third-order valence-corrected chi connectivity index (χ3v) is 7.02. The molecule has 0 spiro atoms. The first-order valence-electron chi connectivity index (χ1n) is 10.3. The second-order valence-electron chi connectivity index (χ2n) is 8.42. The van der Waals surface area contributed by atoms with E-state index in [9.17, 15) is 5.11 Å². The van der Waals surface area contributed by atoms with E-state index in [4.69, 9.17) is 4.74 Å². The SMILES string of the molecule is CCC(CCCC(C)C1CCC(O)CC1)C1CCC(OC)CC1. The van der Waals surface area contributed by atoms with Gasteiger partial charge in [0.1, 0.15) is 0 Å². The number of methoxy groups -OCH3 is 1. The Bertz CT molecular complexity index is 301. The van der Waals surface area contributed by atoms with Gasteiger partial charge in [0.05, 0.1) is 12.2 Å². The van der Waals surface area contributed by atoms with Crippen LogP contribution in [0.25, 0.3) is 0 Å². The van der Waals surface area contributed by atoms with E-state index in [1.807, 2.05) is 7.11 Å². The van der Waals surface area contributed by atoms with Crippen LogP contribution < -0.4 is 0 Å². The first-order chi connectivity index (χ1) is 11.1. The van der Waals surface area contributed by atoms with Gasteiger partial charge in [0.25, 0.3) is 0 Å². The number of hydrogen-bond donors (Lipinski definition) is 1. The molecule has 2 aliphatic carbocycles. The largest absolute Gasteiger partial charge is 0.393 e. The minimum Gasteiger partial charge on any atom is -0.393 e. The lowest BCUT2D eigenvalue weighted by Crippen LogP contribution is -2.25. The zero-order chi connectivity index (χ0) is 16.7. The van der Waals surface area contributed by atoms with Crippen LogP contribution in [0.3, 0.4) is 0 Å². The fourth-order valence-electron chi connectivity index (χ4n) is 5.18. The molecule has 0 aromatic heterocycles. The maximum absolute atomic E-state index is 9.66. The van der Waals surface area contributed by atoms with Gasteiger partial charge in [0.2, 0.25) is 0 Å². The van der Waals surface area contributed by atoms with Crippen molar-refractivity contribution in [2.75, 3.05) is 7.11 Å². The van der Waals surface area contributed by atoms with Crippen LogP contribution in [0.15, 0.2) is 0 Å². The molecule has 2 rings (SSSR count). The summed E-state index contributed by atoms with van der Waals surface area (Å²) in [7, 11) is 1.87. The van der Waals surface area contributed by atoms with E-state index in [1.54, 1.807) is 0 Å². The highest BCUT2D eigenvalue weighted by atomic mass is 16.5. The monoisotopic (exact) mass is 324 g/mol. The predicted octanol–water partition coefficient (Wildman–Crippen LogP) is 5.58. The summed E-state index contributed by atoms with van der Waals surface area (Å²) in [4.78, 5) is 0. The van der Waals surface area contributed by atoms with E-state index in [2.05, 4.69) is 13.8 Å². The van der Waals surface area contributed by atoms with E-state index in [0.717, 1.165) is 36.5 Å². The van der Waals surface area contributed by atoms with Crippen molar-refractivity contribution in [3.05, 3.63) is 0 Å². The predicted molar refractivity (Wildman–Crippen MR) is 97.5 cm³/mol. The molecule has 0 radical (unpaired) electrons. The van der Waals surface area contributed by atoms with Crippen LogP contribution in [0.1, 0.15) is 90.9 Å². The second-order valence-corrected chi connectivity index (χ2v) is 8.42. The first-order valence-corrected chi connectivity index (χ1v) is 10.3. The number of aliphatic hydroxyl groups excluding tert-OH is 1. The molecule has 2 fully saturated rings. The van der Waals surface area contributed by atoms with Gasteiger partial charge < -0.3 is 9.84 Å². The molecular formula is C21H40O2. The molecule has 0 aromatic carbocycles. The summed E-state index contributed by atoms with van der Waals surface area (Å²) < 4.78 is 5.52. The van der Waals surface area contributed by atoms with E-state index < -0.39 is 0 Å². The molecule has 0 heterocycles. The summed E-state index contributed by atoms with van der Waals surface area (Å²) >= 11 is 0. The molecular weight excluding hydrogens is 284 g/mol. The van der Waals surface area contributed by atoms with Crippen molar-refractivity contribution in [1.29, 1.82) is 0 Å². The molecule has 0 bridgehead atoms. The van der Waals surface area contributed by atoms with Crippen molar-refractivity contribution in [3.8, 4) is 0 Å². The van der Waals surface area contributed by atoms with E-state index in [0.29, 0.717) is 6.10 Å². The molecule has 2 nitrogen and oxygen atoms in total. The van der Waals surface area contributed by atoms with Gasteiger partial charge in [-0.1, -0.05) is 39.5 Å². The Labute approximate surface area is 144 Å². The van der Waals surface area contributed by atoms with Crippen LogP contribution in [0, 0.1) is 23.7 Å². The fourth-order valence-corrected chi connectivity index (χ4v) is 5.18. The van der Waals surface area contributed by atoms with Gasteiger partial charge in [-0.3, -0.25) is 0 Å². The molecule has 23 heavy (non-hydrogen) atoms. The molecule has 0 aliphatic heterocycles. The van der Waals surface area contributed by atoms with Crippen LogP contribution in [-0.2, 0) is 4.74 Å². The van der Waals surface area contributed by atoms with Crippen LogP contribution in [0.4, 0.5) is 0 Å². The minimum atomic E-state index is -0.00912. The number of hydrogen-bond acceptors (Lipinski definition) is 2. The summed E-state index contributed by atoms with van der Waals surface area (Å²) in [5.41, 5.74) is 0. The molecule has 0 aromatic rings. The van der Waals surface area contributed by atoms with Gasteiger partial charge in [-0.25, -0.2) is 0 Å². The molecule has 2 heteroatoms. The standard InChI is InChI=1S/C21H40O2/c1-4-17(19-10-14-21(23-3)15-11-19)7-5-6-16(2)18-8-12-20(22)13-9-18/h16-22H,4-15H2,1-3H3. The van der Waals surface area contributed by atoms with Gasteiger partial charge in [0.15, 0.2) is 0 Å². The fraction of sp³-hybridized carbons (Fsp3) is 1.00. The van der Waals surface area contributed by atoms with Gasteiger partial charge in [-0.05, 0) is 75.0 Å². The first kappa shape index (κ1) is 19.2. The highest BCUT2D eigenvalue weighted by molar-refractivity contribution is 4.79. The average Bonchev–Trinajstić information content (AvgIpc) is 2.59. The van der Waals surface area contributed by atoms with Gasteiger partial charge in [-0.15, -0.1) is 0 Å². The van der Waals surface area contributed by atoms with Crippen LogP contribution in [0.5, 0.6) is 0 Å². The van der Waals surface area contributed by atoms with Crippen LogP contribution in [-0.4, -0.2) is 24.4 Å². The van der Waals surface area contributed by atoms with Crippen molar-refractivity contribution >= 4 is 0 Å². The molecule has 1 N–H and O–H groups in total. The lowest BCUT2D eigenvalue weighted by Gasteiger charge is -2.34. The quantitative estimate of drug-likeness (QED) is 0.632. The topological polar surface area (TPSA) is 29.5 Å². The Morgan fingerprint density at radius 2 is 1.52 bits per heavy atom. The van der Waals surface area contributed by atoms with Crippen LogP contribution in [0.2, 0.25) is 0 Å². The van der Waals surface area contributed by atoms with Crippen molar-refractivity contribution in [2.45, 2.75) is 103 Å². The third kappa shape index (κ3) is 6.05. The number of aliphatic hydroxyl groups is 1. The van der Waals surface area contributed by atoms with Crippen molar-refractivity contribution in [1.82, 2.24) is 0 Å². The maximum atomic E-state index is 9.66. The maximum Gasteiger partial charge on any atom is 0.0571 e. The molecule has 2 saturated carbocycles. The lowest BCUT2D eigenvalue weighted by atomic mass is 9.74. The van der Waals surface area contributed by atoms with E-state index in [-0.39, 0.29) is 6.10 Å². The highest BCUT2D eigenvalue weighted by Crippen LogP contribution is 2.37. The summed E-state index contributed by atoms with van der Waals surface area (Å²) in [6, 6.07) is 0. The zero-order valence-electron chi connectivity index (χ0n) is 15.8. The third-order valence-electron chi connectivity index (χ3n) is 7.02. The Morgan fingerprint density at radius 1 is 0.913 bits per heavy atom. The number of ether oxygens (including phenoxy) is 1. The zero-order valence-corrected chi connectivity index (χ0v) is 15.8. The minimum absolute atomic E-state index is 0.00912. The van der Waals surface area contributed by atoms with Crippen molar-refractivity contribution in [3.63, 3.8) is 0 Å². The van der Waals surface area contributed by atoms with Crippen molar-refractivity contribution in [2.24, 2.45) is 23.7 Å². The summed E-state index contributed by atoms with van der Waals surface area (Å²) in [6.07, 6.45) is 16.0. The normalized spacial score (nSPS) is 35.0. The molecule has 2 unspecified atom stereocenters. The molecule has 136 valence electrons. The van der Waals surface area contributed by atoms with E-state index in [1.165, 1.54) is 64.2 Å². The van der Waals surface area contributed by atoms with E-state index >= 15 is 0 Å². The Hall–Kier alpha value is -0.0800.